The van der Waals surface area contributed by atoms with Crippen LogP contribution in [-0.2, 0) is 0 Å². The molecule has 5 heteroatoms. The van der Waals surface area contributed by atoms with Gasteiger partial charge in [0.1, 0.15) is 5.82 Å². The molecule has 0 radical (unpaired) electrons. The van der Waals surface area contributed by atoms with Crippen molar-refractivity contribution < 1.29 is 14.2 Å². The normalized spacial score (nSPS) is 20.1. The first-order valence-corrected chi connectivity index (χ1v) is 5.90. The SMILES string of the molecule is COc1c(O)cc(Br)c(F)c1C1CCNC1. The van der Waals surface area contributed by atoms with Crippen molar-refractivity contribution in [1.82, 2.24) is 5.32 Å². The number of methoxy groups -OCH3 is 1. The Labute approximate surface area is 102 Å². The first kappa shape index (κ1) is 11.7. The Kier molecular flexibility index (Phi) is 3.35. The van der Waals surface area contributed by atoms with E-state index in [2.05, 4.69) is 21.2 Å². The number of aromatic hydroxyl groups is 1. The summed E-state index contributed by atoms with van der Waals surface area (Å²) in [5.74, 6) is -0.0752. The lowest BCUT2D eigenvalue weighted by Gasteiger charge is -2.17. The van der Waals surface area contributed by atoms with E-state index in [4.69, 9.17) is 4.74 Å². The predicted octanol–water partition coefficient (Wildman–Crippen LogP) is 2.38. The molecule has 1 aliphatic heterocycles. The molecule has 0 aromatic heterocycles. The Hall–Kier alpha value is -0.810. The second-order valence-electron chi connectivity index (χ2n) is 3.83. The number of ether oxygens (including phenoxy) is 1. The Bertz CT molecular complexity index is 405. The third kappa shape index (κ3) is 1.89. The number of hydrogen-bond donors (Lipinski definition) is 2. The Morgan fingerprint density at radius 1 is 1.62 bits per heavy atom. The fourth-order valence-electron chi connectivity index (χ4n) is 2.10. The minimum absolute atomic E-state index is 0.0299. The van der Waals surface area contributed by atoms with Crippen molar-refractivity contribution in [3.8, 4) is 11.5 Å². The highest BCUT2D eigenvalue weighted by Crippen LogP contribution is 2.42. The van der Waals surface area contributed by atoms with Crippen LogP contribution in [0.5, 0.6) is 11.5 Å². The van der Waals surface area contributed by atoms with Crippen molar-refractivity contribution in [2.75, 3.05) is 20.2 Å². The van der Waals surface area contributed by atoms with Gasteiger partial charge in [-0.1, -0.05) is 0 Å². The van der Waals surface area contributed by atoms with Crippen molar-refractivity contribution in [2.24, 2.45) is 0 Å². The van der Waals surface area contributed by atoms with E-state index in [9.17, 15) is 9.50 Å². The van der Waals surface area contributed by atoms with E-state index >= 15 is 0 Å². The van der Waals surface area contributed by atoms with Crippen LogP contribution in [0.3, 0.4) is 0 Å². The molecule has 1 aliphatic rings. The lowest BCUT2D eigenvalue weighted by molar-refractivity contribution is 0.361. The quantitative estimate of drug-likeness (QED) is 0.878. The predicted molar refractivity (Wildman–Crippen MR) is 62.5 cm³/mol. The van der Waals surface area contributed by atoms with Gasteiger partial charge in [0.05, 0.1) is 11.6 Å². The minimum atomic E-state index is -0.344. The van der Waals surface area contributed by atoms with Gasteiger partial charge in [-0.2, -0.15) is 0 Å². The smallest absolute Gasteiger partial charge is 0.167 e. The number of phenols is 1. The molecule has 3 nitrogen and oxygen atoms in total. The molecule has 16 heavy (non-hydrogen) atoms. The largest absolute Gasteiger partial charge is 0.504 e. The van der Waals surface area contributed by atoms with Crippen molar-refractivity contribution in [2.45, 2.75) is 12.3 Å². The molecular weight excluding hydrogens is 277 g/mol. The third-order valence-electron chi connectivity index (χ3n) is 2.86. The topological polar surface area (TPSA) is 41.5 Å². The standard InChI is InChI=1S/C11H13BrFNO2/c1-16-11-8(15)4-7(12)10(13)9(11)6-2-3-14-5-6/h4,6,14-15H,2-3,5H2,1H3. The van der Waals surface area contributed by atoms with Crippen molar-refractivity contribution in [1.29, 1.82) is 0 Å². The zero-order chi connectivity index (χ0) is 11.7. The molecule has 1 heterocycles. The van der Waals surface area contributed by atoms with Gasteiger partial charge in [-0.3, -0.25) is 0 Å². The van der Waals surface area contributed by atoms with Gasteiger partial charge in [0, 0.05) is 24.1 Å². The van der Waals surface area contributed by atoms with Crippen molar-refractivity contribution in [3.63, 3.8) is 0 Å². The van der Waals surface area contributed by atoms with Crippen LogP contribution in [0.2, 0.25) is 0 Å². The first-order chi connectivity index (χ1) is 7.65. The summed E-state index contributed by atoms with van der Waals surface area (Å²) in [7, 11) is 1.44. The third-order valence-corrected chi connectivity index (χ3v) is 3.44. The average molecular weight is 290 g/mol. The lowest BCUT2D eigenvalue weighted by Crippen LogP contribution is -2.10. The second kappa shape index (κ2) is 4.59. The zero-order valence-electron chi connectivity index (χ0n) is 8.89. The Balaban J connectivity index is 2.54. The van der Waals surface area contributed by atoms with E-state index in [1.165, 1.54) is 13.2 Å². The fraction of sp³-hybridized carbons (Fsp3) is 0.455. The lowest BCUT2D eigenvalue weighted by atomic mass is 9.96. The monoisotopic (exact) mass is 289 g/mol. The molecule has 2 N–H and O–H groups in total. The number of hydrogen-bond acceptors (Lipinski definition) is 3. The molecule has 1 unspecified atom stereocenters. The van der Waals surface area contributed by atoms with Crippen LogP contribution in [-0.4, -0.2) is 25.3 Å². The molecule has 0 saturated carbocycles. The molecule has 0 bridgehead atoms. The molecule has 0 amide bonds. The van der Waals surface area contributed by atoms with Gasteiger partial charge >= 0.3 is 0 Å². The van der Waals surface area contributed by atoms with Crippen molar-refractivity contribution >= 4 is 15.9 Å². The van der Waals surface area contributed by atoms with Gasteiger partial charge in [0.15, 0.2) is 11.5 Å². The molecule has 1 aromatic carbocycles. The summed E-state index contributed by atoms with van der Waals surface area (Å²) < 4.78 is 19.4. The van der Waals surface area contributed by atoms with Crippen LogP contribution < -0.4 is 10.1 Å². The molecule has 0 aliphatic carbocycles. The van der Waals surface area contributed by atoms with Crippen LogP contribution in [0.1, 0.15) is 17.9 Å². The molecule has 1 fully saturated rings. The summed E-state index contributed by atoms with van der Waals surface area (Å²) in [5, 5.41) is 12.9. The van der Waals surface area contributed by atoms with Crippen molar-refractivity contribution in [3.05, 3.63) is 21.9 Å². The fourth-order valence-corrected chi connectivity index (χ4v) is 2.53. The van der Waals surface area contributed by atoms with Gasteiger partial charge in [-0.25, -0.2) is 4.39 Å². The zero-order valence-corrected chi connectivity index (χ0v) is 10.5. The Morgan fingerprint density at radius 3 is 2.94 bits per heavy atom. The van der Waals surface area contributed by atoms with Gasteiger partial charge in [-0.05, 0) is 28.9 Å². The molecule has 2 rings (SSSR count). The molecule has 1 atom stereocenters. The highest BCUT2D eigenvalue weighted by Gasteiger charge is 2.27. The van der Waals surface area contributed by atoms with Crippen LogP contribution in [0, 0.1) is 5.82 Å². The molecule has 88 valence electrons. The van der Waals surface area contributed by atoms with Gasteiger partial charge in [0.2, 0.25) is 0 Å². The molecule has 1 aromatic rings. The number of halogens is 2. The number of nitrogens with one attached hydrogen (secondary N) is 1. The van der Waals surface area contributed by atoms with Crippen LogP contribution in [0.25, 0.3) is 0 Å². The average Bonchev–Trinajstić information content (AvgIpc) is 2.76. The highest BCUT2D eigenvalue weighted by molar-refractivity contribution is 9.10. The maximum absolute atomic E-state index is 14.0. The summed E-state index contributed by atoms with van der Waals surface area (Å²) in [6.07, 6.45) is 0.850. The number of phenolic OH excluding ortho intramolecular Hbond substituents is 1. The number of benzene rings is 1. The maximum Gasteiger partial charge on any atom is 0.167 e. The van der Waals surface area contributed by atoms with Crippen LogP contribution in [0.4, 0.5) is 4.39 Å². The summed E-state index contributed by atoms with van der Waals surface area (Å²) in [6.45, 7) is 1.57. The Morgan fingerprint density at radius 2 is 2.38 bits per heavy atom. The second-order valence-corrected chi connectivity index (χ2v) is 4.68. The number of rotatable bonds is 2. The minimum Gasteiger partial charge on any atom is -0.504 e. The highest BCUT2D eigenvalue weighted by atomic mass is 79.9. The summed E-state index contributed by atoms with van der Waals surface area (Å²) in [5.41, 5.74) is 0.458. The molecule has 1 saturated heterocycles. The molecular formula is C11H13BrFNO2. The molecule has 0 spiro atoms. The van der Waals surface area contributed by atoms with E-state index < -0.39 is 0 Å². The summed E-state index contributed by atoms with van der Waals surface area (Å²) in [6, 6.07) is 1.32. The van der Waals surface area contributed by atoms with E-state index in [1.54, 1.807) is 0 Å². The summed E-state index contributed by atoms with van der Waals surface area (Å²) >= 11 is 3.10. The first-order valence-electron chi connectivity index (χ1n) is 5.10. The van der Waals surface area contributed by atoms with Crippen LogP contribution in [0.15, 0.2) is 10.5 Å². The van der Waals surface area contributed by atoms with E-state index in [0.29, 0.717) is 12.1 Å². The van der Waals surface area contributed by atoms with E-state index in [0.717, 1.165) is 13.0 Å². The summed E-state index contributed by atoms with van der Waals surface area (Å²) in [4.78, 5) is 0. The van der Waals surface area contributed by atoms with E-state index in [1.807, 2.05) is 0 Å². The van der Waals surface area contributed by atoms with Crippen LogP contribution >= 0.6 is 15.9 Å². The maximum atomic E-state index is 14.0. The van der Waals surface area contributed by atoms with Gasteiger partial charge < -0.3 is 15.2 Å². The van der Waals surface area contributed by atoms with Gasteiger partial charge in [0.25, 0.3) is 0 Å². The van der Waals surface area contributed by atoms with Gasteiger partial charge in [-0.15, -0.1) is 0 Å². The van der Waals surface area contributed by atoms with E-state index in [-0.39, 0.29) is 27.7 Å².